The normalized spacial score (nSPS) is 10.7. The summed E-state index contributed by atoms with van der Waals surface area (Å²) < 4.78 is 6.79. The Labute approximate surface area is 131 Å². The van der Waals surface area contributed by atoms with Crippen LogP contribution in [0, 0.1) is 0 Å². The van der Waals surface area contributed by atoms with Gasteiger partial charge in [-0.25, -0.2) is 9.50 Å². The minimum absolute atomic E-state index is 0.111. The number of fused-ring (bicyclic) bond motifs is 1. The lowest BCUT2D eigenvalue weighted by molar-refractivity contribution is 0.0989. The van der Waals surface area contributed by atoms with Gasteiger partial charge < -0.3 is 10.5 Å². The monoisotopic (exact) mass is 310 g/mol. The molecule has 2 heterocycles. The Hall–Kier alpha value is -3.22. The number of nitrogens with two attached hydrogens (primary N) is 1. The highest BCUT2D eigenvalue weighted by Crippen LogP contribution is 2.22. The number of nitrogens with zero attached hydrogens (tertiary/aromatic N) is 3. The summed E-state index contributed by atoms with van der Waals surface area (Å²) in [7, 11) is 1.48. The SMILES string of the molecule is COc1cc(C(N)=O)ccc1CC(=O)c1cnn2cccnc12. The van der Waals surface area contributed by atoms with Gasteiger partial charge in [0.1, 0.15) is 5.75 Å². The van der Waals surface area contributed by atoms with Crippen LogP contribution >= 0.6 is 0 Å². The number of carbonyl (C=O) groups is 2. The number of carbonyl (C=O) groups excluding carboxylic acids is 2. The van der Waals surface area contributed by atoms with Gasteiger partial charge in [-0.2, -0.15) is 5.10 Å². The van der Waals surface area contributed by atoms with E-state index in [-0.39, 0.29) is 12.2 Å². The van der Waals surface area contributed by atoms with Crippen molar-refractivity contribution in [2.75, 3.05) is 7.11 Å². The molecule has 0 aliphatic rings. The first kappa shape index (κ1) is 14.7. The molecule has 1 aromatic carbocycles. The van der Waals surface area contributed by atoms with Gasteiger partial charge in [0.2, 0.25) is 5.91 Å². The Morgan fingerprint density at radius 2 is 2.17 bits per heavy atom. The maximum atomic E-state index is 12.5. The molecule has 0 unspecified atom stereocenters. The van der Waals surface area contributed by atoms with Crippen molar-refractivity contribution in [2.24, 2.45) is 5.73 Å². The first-order valence-corrected chi connectivity index (χ1v) is 6.88. The Morgan fingerprint density at radius 1 is 1.35 bits per heavy atom. The molecule has 3 rings (SSSR count). The van der Waals surface area contributed by atoms with Crippen molar-refractivity contribution in [1.29, 1.82) is 0 Å². The van der Waals surface area contributed by atoms with Crippen molar-refractivity contribution in [2.45, 2.75) is 6.42 Å². The number of benzene rings is 1. The molecule has 0 saturated heterocycles. The first-order chi connectivity index (χ1) is 11.1. The van der Waals surface area contributed by atoms with Gasteiger partial charge in [-0.15, -0.1) is 0 Å². The summed E-state index contributed by atoms with van der Waals surface area (Å²) >= 11 is 0. The molecule has 2 N–H and O–H groups in total. The zero-order chi connectivity index (χ0) is 16.4. The molecule has 0 atom stereocenters. The van der Waals surface area contributed by atoms with E-state index in [0.29, 0.717) is 28.1 Å². The van der Waals surface area contributed by atoms with Crippen LogP contribution in [0.15, 0.2) is 42.9 Å². The molecule has 0 bridgehead atoms. The second-order valence-electron chi connectivity index (χ2n) is 4.94. The molecule has 7 nitrogen and oxygen atoms in total. The molecule has 0 aliphatic heterocycles. The Morgan fingerprint density at radius 3 is 2.91 bits per heavy atom. The zero-order valence-corrected chi connectivity index (χ0v) is 12.4. The van der Waals surface area contributed by atoms with E-state index in [4.69, 9.17) is 10.5 Å². The van der Waals surface area contributed by atoms with Crippen LogP contribution in [-0.2, 0) is 6.42 Å². The molecule has 7 heteroatoms. The van der Waals surface area contributed by atoms with Crippen LogP contribution in [-0.4, -0.2) is 33.4 Å². The van der Waals surface area contributed by atoms with Crippen LogP contribution in [0.2, 0.25) is 0 Å². The van der Waals surface area contributed by atoms with Gasteiger partial charge in [0, 0.05) is 29.9 Å². The van der Waals surface area contributed by atoms with E-state index in [2.05, 4.69) is 10.1 Å². The van der Waals surface area contributed by atoms with E-state index in [1.54, 1.807) is 35.1 Å². The molecule has 0 aliphatic carbocycles. The molecular weight excluding hydrogens is 296 g/mol. The van der Waals surface area contributed by atoms with E-state index < -0.39 is 5.91 Å². The summed E-state index contributed by atoms with van der Waals surface area (Å²) in [6, 6.07) is 6.50. The predicted molar refractivity (Wildman–Crippen MR) is 82.5 cm³/mol. The summed E-state index contributed by atoms with van der Waals surface area (Å²) in [6.45, 7) is 0. The quantitative estimate of drug-likeness (QED) is 0.715. The van der Waals surface area contributed by atoms with Gasteiger partial charge in [-0.1, -0.05) is 6.07 Å². The largest absolute Gasteiger partial charge is 0.496 e. The van der Waals surface area contributed by atoms with E-state index in [0.717, 1.165) is 0 Å². The maximum Gasteiger partial charge on any atom is 0.248 e. The van der Waals surface area contributed by atoms with Gasteiger partial charge in [-0.05, 0) is 18.2 Å². The number of methoxy groups -OCH3 is 1. The summed E-state index contributed by atoms with van der Waals surface area (Å²) in [5.41, 5.74) is 7.18. The Balaban J connectivity index is 1.92. The summed E-state index contributed by atoms with van der Waals surface area (Å²) in [5, 5.41) is 4.10. The van der Waals surface area contributed by atoms with Gasteiger partial charge >= 0.3 is 0 Å². The van der Waals surface area contributed by atoms with Crippen LogP contribution in [0.25, 0.3) is 5.65 Å². The topological polar surface area (TPSA) is 99.6 Å². The van der Waals surface area contributed by atoms with Crippen molar-refractivity contribution >= 4 is 17.3 Å². The van der Waals surface area contributed by atoms with E-state index in [9.17, 15) is 9.59 Å². The Kier molecular flexibility index (Phi) is 3.76. The van der Waals surface area contributed by atoms with E-state index >= 15 is 0 Å². The molecular formula is C16H14N4O3. The summed E-state index contributed by atoms with van der Waals surface area (Å²) in [6.07, 6.45) is 4.94. The van der Waals surface area contributed by atoms with Gasteiger partial charge in [0.15, 0.2) is 11.4 Å². The maximum absolute atomic E-state index is 12.5. The van der Waals surface area contributed by atoms with Crippen LogP contribution in [0.3, 0.4) is 0 Å². The van der Waals surface area contributed by atoms with Crippen molar-refractivity contribution in [3.63, 3.8) is 0 Å². The van der Waals surface area contributed by atoms with Gasteiger partial charge in [0.25, 0.3) is 0 Å². The fourth-order valence-electron chi connectivity index (χ4n) is 2.34. The summed E-state index contributed by atoms with van der Waals surface area (Å²) in [4.78, 5) is 27.9. The van der Waals surface area contributed by atoms with Crippen LogP contribution in [0.1, 0.15) is 26.3 Å². The predicted octanol–water partition coefficient (Wildman–Crippen LogP) is 1.26. The number of ketones is 1. The Bertz CT molecular complexity index is 901. The lowest BCUT2D eigenvalue weighted by atomic mass is 10.0. The first-order valence-electron chi connectivity index (χ1n) is 6.88. The van der Waals surface area contributed by atoms with E-state index in [1.807, 2.05) is 0 Å². The molecule has 23 heavy (non-hydrogen) atoms. The third-order valence-electron chi connectivity index (χ3n) is 3.50. The molecule has 0 fully saturated rings. The molecule has 2 aromatic heterocycles. The van der Waals surface area contributed by atoms with Crippen LogP contribution < -0.4 is 10.5 Å². The highest BCUT2D eigenvalue weighted by atomic mass is 16.5. The third kappa shape index (κ3) is 2.76. The lowest BCUT2D eigenvalue weighted by Gasteiger charge is -2.09. The smallest absolute Gasteiger partial charge is 0.248 e. The molecule has 1 amide bonds. The fourth-order valence-corrected chi connectivity index (χ4v) is 2.34. The van der Waals surface area contributed by atoms with Crippen molar-refractivity contribution in [3.05, 3.63) is 59.5 Å². The second-order valence-corrected chi connectivity index (χ2v) is 4.94. The third-order valence-corrected chi connectivity index (χ3v) is 3.50. The second kappa shape index (κ2) is 5.88. The molecule has 3 aromatic rings. The van der Waals surface area contributed by atoms with Gasteiger partial charge in [0.05, 0.1) is 18.9 Å². The summed E-state index contributed by atoms with van der Waals surface area (Å²) in [5.74, 6) is -0.240. The number of rotatable bonds is 5. The fraction of sp³-hybridized carbons (Fsp3) is 0.125. The van der Waals surface area contributed by atoms with Crippen LogP contribution in [0.5, 0.6) is 5.75 Å². The van der Waals surface area contributed by atoms with E-state index in [1.165, 1.54) is 19.4 Å². The minimum Gasteiger partial charge on any atom is -0.496 e. The highest BCUT2D eigenvalue weighted by molar-refractivity contribution is 6.02. The zero-order valence-electron chi connectivity index (χ0n) is 12.4. The number of primary amides is 1. The average Bonchev–Trinajstić information content (AvgIpc) is 2.99. The van der Waals surface area contributed by atoms with Crippen molar-refractivity contribution in [3.8, 4) is 5.75 Å². The molecule has 116 valence electrons. The average molecular weight is 310 g/mol. The minimum atomic E-state index is -0.548. The number of hydrogen-bond donors (Lipinski definition) is 1. The molecule has 0 saturated carbocycles. The molecule has 0 radical (unpaired) electrons. The number of Topliss-reactive ketones (excluding diaryl/α,β-unsaturated/α-hetero) is 1. The molecule has 0 spiro atoms. The number of amides is 1. The highest BCUT2D eigenvalue weighted by Gasteiger charge is 2.17. The number of hydrogen-bond acceptors (Lipinski definition) is 5. The standard InChI is InChI=1S/C16H14N4O3/c1-23-14-8-11(15(17)22)4-3-10(14)7-13(21)12-9-19-20-6-2-5-18-16(12)20/h2-6,8-9H,7H2,1H3,(H2,17,22). The van der Waals surface area contributed by atoms with Gasteiger partial charge in [-0.3, -0.25) is 9.59 Å². The number of ether oxygens (including phenoxy) is 1. The van der Waals surface area contributed by atoms with Crippen LogP contribution in [0.4, 0.5) is 0 Å². The van der Waals surface area contributed by atoms with Crippen molar-refractivity contribution < 1.29 is 14.3 Å². The number of aromatic nitrogens is 3. The van der Waals surface area contributed by atoms with Crippen molar-refractivity contribution in [1.82, 2.24) is 14.6 Å². The lowest BCUT2D eigenvalue weighted by Crippen LogP contribution is -2.12.